The van der Waals surface area contributed by atoms with E-state index in [0.717, 1.165) is 6.42 Å². The van der Waals surface area contributed by atoms with E-state index in [1.807, 2.05) is 0 Å². The van der Waals surface area contributed by atoms with Crippen molar-refractivity contribution in [3.8, 4) is 0 Å². The molecule has 0 saturated carbocycles. The molecule has 2 amide bonds. The highest BCUT2D eigenvalue weighted by Gasteiger charge is 2.26. The Kier molecular flexibility index (Phi) is 4.40. The Labute approximate surface area is 110 Å². The molecule has 1 aromatic rings. The minimum absolute atomic E-state index is 0.0135. The van der Waals surface area contributed by atoms with Gasteiger partial charge in [0.05, 0.1) is 24.5 Å². The first-order valence-electron chi connectivity index (χ1n) is 6.08. The van der Waals surface area contributed by atoms with E-state index in [0.29, 0.717) is 18.9 Å². The largest absolute Gasteiger partial charge is 0.379 e. The Hall–Kier alpha value is -2.02. The number of ether oxygens (including phenoxy) is 1. The van der Waals surface area contributed by atoms with Crippen molar-refractivity contribution in [1.29, 1.82) is 0 Å². The molecule has 1 aliphatic rings. The number of carbonyl (C=O) groups excluding carboxylic acids is 2. The highest BCUT2D eigenvalue weighted by Crippen LogP contribution is 2.11. The zero-order valence-corrected chi connectivity index (χ0v) is 10.6. The van der Waals surface area contributed by atoms with Gasteiger partial charge in [-0.15, -0.1) is 0 Å². The van der Waals surface area contributed by atoms with Crippen molar-refractivity contribution in [2.75, 3.05) is 13.2 Å². The van der Waals surface area contributed by atoms with Crippen LogP contribution in [0, 0.1) is 0 Å². The third-order valence-corrected chi connectivity index (χ3v) is 2.76. The first-order chi connectivity index (χ1) is 9.16. The molecule has 0 aromatic carbocycles. The Balaban J connectivity index is 2.08. The second kappa shape index (κ2) is 6.24. The quantitative estimate of drug-likeness (QED) is 0.769. The van der Waals surface area contributed by atoms with E-state index >= 15 is 0 Å². The first-order valence-corrected chi connectivity index (χ1v) is 6.08. The third-order valence-electron chi connectivity index (χ3n) is 2.76. The van der Waals surface area contributed by atoms with Gasteiger partial charge in [-0.25, -0.2) is 0 Å². The maximum absolute atomic E-state index is 12.2. The number of aromatic nitrogens is 2. The van der Waals surface area contributed by atoms with Crippen molar-refractivity contribution >= 4 is 11.8 Å². The molecule has 1 aromatic heterocycles. The van der Waals surface area contributed by atoms with E-state index in [2.05, 4.69) is 20.6 Å². The fourth-order valence-electron chi connectivity index (χ4n) is 1.87. The van der Waals surface area contributed by atoms with E-state index in [1.54, 1.807) is 0 Å². The Morgan fingerprint density at radius 1 is 1.47 bits per heavy atom. The lowest BCUT2D eigenvalue weighted by Crippen LogP contribution is -2.44. The molecule has 0 bridgehead atoms. The van der Waals surface area contributed by atoms with Crippen LogP contribution in [-0.2, 0) is 14.3 Å². The summed E-state index contributed by atoms with van der Waals surface area (Å²) < 4.78 is 5.19. The summed E-state index contributed by atoms with van der Waals surface area (Å²) in [7, 11) is 0. The van der Waals surface area contributed by atoms with E-state index in [9.17, 15) is 9.59 Å². The van der Waals surface area contributed by atoms with Crippen molar-refractivity contribution in [2.24, 2.45) is 0 Å². The normalized spacial score (nSPS) is 19.7. The van der Waals surface area contributed by atoms with Gasteiger partial charge in [-0.1, -0.05) is 0 Å². The molecule has 0 radical (unpaired) electrons. The standard InChI is InChI=1S/C12H16N4O3/c1-8(17)15-11(10-6-13-3-4-14-10)12(18)16-9-2-5-19-7-9/h3-4,6,9,11H,2,5,7H2,1H3,(H,15,17)(H,16,18)/t9-,11?/m0/s1. The number of nitrogens with one attached hydrogen (secondary N) is 2. The minimum Gasteiger partial charge on any atom is -0.379 e. The van der Waals surface area contributed by atoms with E-state index < -0.39 is 6.04 Å². The zero-order chi connectivity index (χ0) is 13.7. The molecule has 102 valence electrons. The minimum atomic E-state index is -0.827. The van der Waals surface area contributed by atoms with Crippen molar-refractivity contribution in [2.45, 2.75) is 25.4 Å². The van der Waals surface area contributed by atoms with Crippen LogP contribution in [0.15, 0.2) is 18.6 Å². The summed E-state index contributed by atoms with van der Waals surface area (Å²) in [5, 5.41) is 5.41. The van der Waals surface area contributed by atoms with Gasteiger partial charge < -0.3 is 15.4 Å². The molecular weight excluding hydrogens is 248 g/mol. The Bertz CT molecular complexity index is 446. The number of amides is 2. The number of rotatable bonds is 4. The molecule has 2 N–H and O–H groups in total. The zero-order valence-electron chi connectivity index (χ0n) is 10.6. The summed E-state index contributed by atoms with van der Waals surface area (Å²) in [6, 6.07) is -0.841. The monoisotopic (exact) mass is 264 g/mol. The van der Waals surface area contributed by atoms with Gasteiger partial charge in [0, 0.05) is 25.9 Å². The van der Waals surface area contributed by atoms with Crippen molar-refractivity contribution in [3.63, 3.8) is 0 Å². The summed E-state index contributed by atoms with van der Waals surface area (Å²) in [6.45, 7) is 2.50. The van der Waals surface area contributed by atoms with Gasteiger partial charge in [0.15, 0.2) is 6.04 Å². The van der Waals surface area contributed by atoms with Crippen LogP contribution >= 0.6 is 0 Å². The second-order valence-electron chi connectivity index (χ2n) is 4.33. The lowest BCUT2D eigenvalue weighted by molar-refractivity contribution is -0.128. The lowest BCUT2D eigenvalue weighted by Gasteiger charge is -2.19. The number of carbonyl (C=O) groups is 2. The average Bonchev–Trinajstić information content (AvgIpc) is 2.89. The summed E-state index contributed by atoms with van der Waals surface area (Å²) in [4.78, 5) is 31.4. The molecule has 2 heterocycles. The molecule has 2 rings (SSSR count). The van der Waals surface area contributed by atoms with Crippen LogP contribution in [0.4, 0.5) is 0 Å². The van der Waals surface area contributed by atoms with Crippen molar-refractivity contribution in [3.05, 3.63) is 24.3 Å². The predicted molar refractivity (Wildman–Crippen MR) is 66.0 cm³/mol. The van der Waals surface area contributed by atoms with E-state index in [4.69, 9.17) is 4.74 Å². The maximum Gasteiger partial charge on any atom is 0.249 e. The molecule has 1 fully saturated rings. The van der Waals surface area contributed by atoms with Gasteiger partial charge in [-0.2, -0.15) is 0 Å². The molecule has 7 nitrogen and oxygen atoms in total. The average molecular weight is 264 g/mol. The van der Waals surface area contributed by atoms with Crippen LogP contribution in [0.3, 0.4) is 0 Å². The van der Waals surface area contributed by atoms with Crippen LogP contribution in [0.25, 0.3) is 0 Å². The third kappa shape index (κ3) is 3.72. The summed E-state index contributed by atoms with van der Waals surface area (Å²) >= 11 is 0. The van der Waals surface area contributed by atoms with Crippen LogP contribution in [0.2, 0.25) is 0 Å². The second-order valence-corrected chi connectivity index (χ2v) is 4.33. The van der Waals surface area contributed by atoms with Crippen LogP contribution in [0.5, 0.6) is 0 Å². The molecule has 0 spiro atoms. The van der Waals surface area contributed by atoms with Crippen molar-refractivity contribution in [1.82, 2.24) is 20.6 Å². The molecule has 1 aliphatic heterocycles. The molecule has 19 heavy (non-hydrogen) atoms. The highest BCUT2D eigenvalue weighted by atomic mass is 16.5. The molecular formula is C12H16N4O3. The summed E-state index contributed by atoms with van der Waals surface area (Å²) in [5.74, 6) is -0.598. The van der Waals surface area contributed by atoms with Gasteiger partial charge in [-0.05, 0) is 6.42 Å². The Morgan fingerprint density at radius 3 is 2.89 bits per heavy atom. The maximum atomic E-state index is 12.2. The lowest BCUT2D eigenvalue weighted by atomic mass is 10.1. The molecule has 2 atom stereocenters. The van der Waals surface area contributed by atoms with Crippen molar-refractivity contribution < 1.29 is 14.3 Å². The fraction of sp³-hybridized carbons (Fsp3) is 0.500. The van der Waals surface area contributed by atoms with Gasteiger partial charge in [-0.3, -0.25) is 19.6 Å². The predicted octanol–water partition coefficient (Wildman–Crippen LogP) is -0.441. The summed E-state index contributed by atoms with van der Waals surface area (Å²) in [6.07, 6.45) is 5.23. The topological polar surface area (TPSA) is 93.2 Å². The molecule has 1 saturated heterocycles. The first kappa shape index (κ1) is 13.4. The fourth-order valence-corrected chi connectivity index (χ4v) is 1.87. The summed E-state index contributed by atoms with van der Waals surface area (Å²) in [5.41, 5.74) is 0.411. The van der Waals surface area contributed by atoms with Crippen LogP contribution in [-0.4, -0.2) is 41.0 Å². The molecule has 0 aliphatic carbocycles. The number of nitrogens with zero attached hydrogens (tertiary/aromatic N) is 2. The molecule has 7 heteroatoms. The Morgan fingerprint density at radius 2 is 2.32 bits per heavy atom. The highest BCUT2D eigenvalue weighted by molar-refractivity contribution is 5.87. The number of hydrogen-bond donors (Lipinski definition) is 2. The van der Waals surface area contributed by atoms with Gasteiger partial charge in [0.25, 0.3) is 0 Å². The van der Waals surface area contributed by atoms with Crippen LogP contribution < -0.4 is 10.6 Å². The molecule has 1 unspecified atom stereocenters. The van der Waals surface area contributed by atoms with Gasteiger partial charge >= 0.3 is 0 Å². The van der Waals surface area contributed by atoms with Crippen LogP contribution in [0.1, 0.15) is 25.1 Å². The van der Waals surface area contributed by atoms with E-state index in [1.165, 1.54) is 25.5 Å². The SMILES string of the molecule is CC(=O)NC(C(=O)N[C@H]1CCOC1)c1cnccn1. The number of hydrogen-bond acceptors (Lipinski definition) is 5. The van der Waals surface area contributed by atoms with E-state index in [-0.39, 0.29) is 17.9 Å². The van der Waals surface area contributed by atoms with Gasteiger partial charge in [0.2, 0.25) is 11.8 Å². The smallest absolute Gasteiger partial charge is 0.249 e. The van der Waals surface area contributed by atoms with Gasteiger partial charge in [0.1, 0.15) is 0 Å².